The zero-order valence-electron chi connectivity index (χ0n) is 12.3. The van der Waals surface area contributed by atoms with Crippen LogP contribution in [0.5, 0.6) is 5.75 Å². The van der Waals surface area contributed by atoms with Crippen molar-refractivity contribution in [2.75, 3.05) is 25.1 Å². The summed E-state index contributed by atoms with van der Waals surface area (Å²) in [6.07, 6.45) is 0. The highest BCUT2D eigenvalue weighted by Crippen LogP contribution is 2.18. The number of aromatic hydroxyl groups is 1. The van der Waals surface area contributed by atoms with E-state index in [0.717, 1.165) is 4.90 Å². The lowest BCUT2D eigenvalue weighted by molar-refractivity contribution is -0.135. The molecule has 0 heterocycles. The molecule has 0 atom stereocenters. The Bertz CT molecular complexity index is 499. The van der Waals surface area contributed by atoms with Crippen LogP contribution in [0.25, 0.3) is 0 Å². The van der Waals surface area contributed by atoms with Crippen LogP contribution in [0.3, 0.4) is 0 Å². The average molecular weight is 296 g/mol. The number of nitrogens with one attached hydrogen (secondary N) is 1. The van der Waals surface area contributed by atoms with Crippen LogP contribution in [0.1, 0.15) is 13.8 Å². The number of anilines is 1. The molecule has 0 saturated carbocycles. The Labute approximate surface area is 123 Å². The zero-order chi connectivity index (χ0) is 16.0. The molecule has 0 fully saturated rings. The first kappa shape index (κ1) is 16.8. The predicted molar refractivity (Wildman–Crippen MR) is 77.6 cm³/mol. The van der Waals surface area contributed by atoms with E-state index in [9.17, 15) is 14.7 Å². The van der Waals surface area contributed by atoms with Crippen LogP contribution >= 0.6 is 0 Å². The predicted octanol–water partition coefficient (Wildman–Crippen LogP) is 1.42. The fourth-order valence-corrected chi connectivity index (χ4v) is 1.50. The zero-order valence-corrected chi connectivity index (χ0v) is 12.3. The summed E-state index contributed by atoms with van der Waals surface area (Å²) in [5, 5.41) is 20.8. The summed E-state index contributed by atoms with van der Waals surface area (Å²) in [5.74, 6) is -1.10. The summed E-state index contributed by atoms with van der Waals surface area (Å²) in [4.78, 5) is 24.2. The highest BCUT2D eigenvalue weighted by molar-refractivity contribution is 5.96. The summed E-state index contributed by atoms with van der Waals surface area (Å²) in [5.41, 5.74) is -0.178. The molecule has 21 heavy (non-hydrogen) atoms. The van der Waals surface area contributed by atoms with E-state index >= 15 is 0 Å². The number of methoxy groups -OCH3 is 1. The second kappa shape index (κ2) is 6.94. The summed E-state index contributed by atoms with van der Waals surface area (Å²) >= 11 is 0. The standard InChI is InChI=1S/C14H20N2O5/c1-14(2,21-3)9-15-13(20)16(8-12(18)19)10-4-6-11(17)7-5-10/h4-7,17H,8-9H2,1-3H3,(H,15,20)(H,18,19). The Morgan fingerprint density at radius 3 is 2.33 bits per heavy atom. The van der Waals surface area contributed by atoms with E-state index in [-0.39, 0.29) is 12.3 Å². The maximum atomic E-state index is 12.2. The number of amides is 2. The molecule has 0 spiro atoms. The number of phenols is 1. The van der Waals surface area contributed by atoms with E-state index in [1.807, 2.05) is 0 Å². The normalized spacial score (nSPS) is 11.0. The van der Waals surface area contributed by atoms with Crippen LogP contribution in [-0.2, 0) is 9.53 Å². The fraction of sp³-hybridized carbons (Fsp3) is 0.429. The largest absolute Gasteiger partial charge is 0.508 e. The molecule has 0 aliphatic rings. The number of aliphatic carboxylic acids is 1. The van der Waals surface area contributed by atoms with E-state index in [2.05, 4.69) is 5.32 Å². The lowest BCUT2D eigenvalue weighted by atomic mass is 10.1. The van der Waals surface area contributed by atoms with Gasteiger partial charge in [0.05, 0.1) is 5.60 Å². The number of urea groups is 1. The highest BCUT2D eigenvalue weighted by atomic mass is 16.5. The average Bonchev–Trinajstić information content (AvgIpc) is 2.43. The van der Waals surface area contributed by atoms with Crippen LogP contribution in [0, 0.1) is 0 Å². The van der Waals surface area contributed by atoms with Gasteiger partial charge in [-0.2, -0.15) is 0 Å². The topological polar surface area (TPSA) is 99.1 Å². The van der Waals surface area contributed by atoms with E-state index < -0.39 is 24.1 Å². The molecule has 0 aliphatic heterocycles. The number of hydrogen-bond acceptors (Lipinski definition) is 4. The van der Waals surface area contributed by atoms with E-state index in [0.29, 0.717) is 5.69 Å². The molecule has 0 aromatic heterocycles. The molecule has 1 rings (SSSR count). The number of carbonyl (C=O) groups is 2. The lowest BCUT2D eigenvalue weighted by Crippen LogP contribution is -2.48. The van der Waals surface area contributed by atoms with Crippen LogP contribution in [0.2, 0.25) is 0 Å². The fourth-order valence-electron chi connectivity index (χ4n) is 1.50. The van der Waals surface area contributed by atoms with Crippen molar-refractivity contribution in [1.82, 2.24) is 5.32 Å². The van der Waals surface area contributed by atoms with Gasteiger partial charge < -0.3 is 20.3 Å². The van der Waals surface area contributed by atoms with Gasteiger partial charge in [-0.1, -0.05) is 0 Å². The third-order valence-electron chi connectivity index (χ3n) is 2.92. The van der Waals surface area contributed by atoms with Crippen LogP contribution in [0.4, 0.5) is 10.5 Å². The van der Waals surface area contributed by atoms with Crippen LogP contribution in [-0.4, -0.2) is 48.0 Å². The van der Waals surface area contributed by atoms with E-state index in [4.69, 9.17) is 9.84 Å². The van der Waals surface area contributed by atoms with Gasteiger partial charge in [-0.15, -0.1) is 0 Å². The first-order chi connectivity index (χ1) is 9.75. The molecule has 0 aliphatic carbocycles. The van der Waals surface area contributed by atoms with Crippen molar-refractivity contribution in [2.45, 2.75) is 19.4 Å². The first-order valence-electron chi connectivity index (χ1n) is 6.36. The van der Waals surface area contributed by atoms with Gasteiger partial charge in [-0.25, -0.2) is 4.79 Å². The number of hydrogen-bond donors (Lipinski definition) is 3. The molecule has 0 bridgehead atoms. The minimum absolute atomic E-state index is 0.0370. The summed E-state index contributed by atoms with van der Waals surface area (Å²) in [6.45, 7) is 3.35. The quantitative estimate of drug-likeness (QED) is 0.737. The molecule has 0 saturated heterocycles. The smallest absolute Gasteiger partial charge is 0.323 e. The molecule has 0 radical (unpaired) electrons. The third kappa shape index (κ3) is 5.31. The van der Waals surface area contributed by atoms with Gasteiger partial charge in [-0.05, 0) is 38.1 Å². The second-order valence-corrected chi connectivity index (χ2v) is 5.12. The summed E-state index contributed by atoms with van der Waals surface area (Å²) in [7, 11) is 1.53. The Hall–Kier alpha value is -2.28. The van der Waals surface area contributed by atoms with E-state index in [1.54, 1.807) is 13.8 Å². The monoisotopic (exact) mass is 296 g/mol. The molecular weight excluding hydrogens is 276 g/mol. The molecule has 116 valence electrons. The maximum Gasteiger partial charge on any atom is 0.323 e. The van der Waals surface area contributed by atoms with Crippen molar-refractivity contribution in [2.24, 2.45) is 0 Å². The maximum absolute atomic E-state index is 12.2. The summed E-state index contributed by atoms with van der Waals surface area (Å²) in [6, 6.07) is 5.17. The SMILES string of the molecule is COC(C)(C)CNC(=O)N(CC(=O)O)c1ccc(O)cc1. The highest BCUT2D eigenvalue weighted by Gasteiger charge is 2.22. The second-order valence-electron chi connectivity index (χ2n) is 5.12. The number of benzene rings is 1. The van der Waals surface area contributed by atoms with Crippen molar-refractivity contribution in [1.29, 1.82) is 0 Å². The molecule has 7 nitrogen and oxygen atoms in total. The molecule has 0 unspecified atom stereocenters. The van der Waals surface area contributed by atoms with Gasteiger partial charge in [0.2, 0.25) is 0 Å². The Balaban J connectivity index is 2.84. The van der Waals surface area contributed by atoms with Gasteiger partial charge in [-0.3, -0.25) is 9.69 Å². The van der Waals surface area contributed by atoms with Crippen molar-refractivity contribution in [3.05, 3.63) is 24.3 Å². The number of carboxylic acids is 1. The van der Waals surface area contributed by atoms with Gasteiger partial charge >= 0.3 is 12.0 Å². The molecule has 1 aromatic carbocycles. The number of phenolic OH excluding ortho intramolecular Hbond substituents is 1. The molecule has 1 aromatic rings. The number of rotatable bonds is 6. The van der Waals surface area contributed by atoms with Crippen molar-refractivity contribution in [3.63, 3.8) is 0 Å². The third-order valence-corrected chi connectivity index (χ3v) is 2.92. The molecule has 7 heteroatoms. The Kier molecular flexibility index (Phi) is 5.54. The van der Waals surface area contributed by atoms with Crippen molar-refractivity contribution < 1.29 is 24.5 Å². The van der Waals surface area contributed by atoms with Gasteiger partial charge in [0.15, 0.2) is 0 Å². The van der Waals surface area contributed by atoms with Crippen molar-refractivity contribution in [3.8, 4) is 5.75 Å². The number of ether oxygens (including phenoxy) is 1. The van der Waals surface area contributed by atoms with Crippen molar-refractivity contribution >= 4 is 17.7 Å². The number of carbonyl (C=O) groups excluding carboxylic acids is 1. The first-order valence-corrected chi connectivity index (χ1v) is 6.36. The number of carboxylic acid groups (broad SMARTS) is 1. The number of nitrogens with zero attached hydrogens (tertiary/aromatic N) is 1. The molecular formula is C14H20N2O5. The Morgan fingerprint density at radius 2 is 1.86 bits per heavy atom. The molecule has 3 N–H and O–H groups in total. The minimum Gasteiger partial charge on any atom is -0.508 e. The van der Waals surface area contributed by atoms with Gasteiger partial charge in [0.25, 0.3) is 0 Å². The lowest BCUT2D eigenvalue weighted by Gasteiger charge is -2.26. The van der Waals surface area contributed by atoms with Crippen LogP contribution in [0.15, 0.2) is 24.3 Å². The minimum atomic E-state index is -1.13. The van der Waals surface area contributed by atoms with Gasteiger partial charge in [0.1, 0.15) is 12.3 Å². The van der Waals surface area contributed by atoms with Crippen LogP contribution < -0.4 is 10.2 Å². The van der Waals surface area contributed by atoms with E-state index in [1.165, 1.54) is 31.4 Å². The van der Waals surface area contributed by atoms with Gasteiger partial charge in [0, 0.05) is 19.3 Å². The molecule has 2 amide bonds. The summed E-state index contributed by atoms with van der Waals surface area (Å²) < 4.78 is 5.19. The Morgan fingerprint density at radius 1 is 1.29 bits per heavy atom.